The Morgan fingerprint density at radius 1 is 1.33 bits per heavy atom. The van der Waals surface area contributed by atoms with Gasteiger partial charge in [-0.15, -0.1) is 0 Å². The van der Waals surface area contributed by atoms with Gasteiger partial charge in [-0.2, -0.15) is 13.2 Å². The van der Waals surface area contributed by atoms with Crippen molar-refractivity contribution in [1.82, 2.24) is 0 Å². The minimum absolute atomic E-state index is 0.222. The van der Waals surface area contributed by atoms with Crippen LogP contribution in [-0.2, 0) is 19.7 Å². The number of ether oxygens (including phenoxy) is 1. The molecule has 0 aliphatic rings. The number of alkyl halides is 3. The molecule has 1 aromatic rings. The third kappa shape index (κ3) is 3.96. The topological polar surface area (TPSA) is 63.6 Å². The Balaban J connectivity index is 3.51. The van der Waals surface area contributed by atoms with Crippen molar-refractivity contribution in [2.45, 2.75) is 24.9 Å². The lowest BCUT2D eigenvalue weighted by molar-refractivity contribution is -0.182. The molecule has 0 fully saturated rings. The number of hydrogen-bond acceptors (Lipinski definition) is 3. The number of carboxylic acids is 1. The molecular weight excluding hydrogens is 357 g/mol. The summed E-state index contributed by atoms with van der Waals surface area (Å²) in [6, 6.07) is 5.18. The number of halogens is 4. The summed E-state index contributed by atoms with van der Waals surface area (Å²) in [5.41, 5.74) is -3.11. The Morgan fingerprint density at radius 3 is 2.38 bits per heavy atom. The Morgan fingerprint density at radius 2 is 1.95 bits per heavy atom. The number of carbonyl (C=O) groups excluding carboxylic acids is 1. The molecule has 1 N–H and O–H groups in total. The zero-order chi connectivity index (χ0) is 16.3. The molecule has 0 spiro atoms. The first kappa shape index (κ1) is 17.5. The van der Waals surface area contributed by atoms with Gasteiger partial charge in [-0.1, -0.05) is 28.1 Å². The molecule has 1 atom stereocenters. The van der Waals surface area contributed by atoms with Gasteiger partial charge < -0.3 is 9.84 Å². The summed E-state index contributed by atoms with van der Waals surface area (Å²) >= 11 is 3.05. The number of hydrogen-bond donors (Lipinski definition) is 1. The summed E-state index contributed by atoms with van der Waals surface area (Å²) in [5.74, 6) is -3.34. The van der Waals surface area contributed by atoms with Crippen molar-refractivity contribution in [2.24, 2.45) is 0 Å². The molecule has 116 valence electrons. The van der Waals surface area contributed by atoms with E-state index in [-0.39, 0.29) is 12.2 Å². The predicted octanol–water partition coefficient (Wildman–Crippen LogP) is 3.29. The lowest BCUT2D eigenvalue weighted by Gasteiger charge is -2.28. The first-order chi connectivity index (χ1) is 9.63. The SMILES string of the molecule is CCOC(=O)C(CC(F)(F)F)(C(=O)O)c1cccc(Br)c1. The zero-order valence-corrected chi connectivity index (χ0v) is 12.5. The monoisotopic (exact) mass is 368 g/mol. The van der Waals surface area contributed by atoms with E-state index in [1.165, 1.54) is 19.1 Å². The van der Waals surface area contributed by atoms with Crippen LogP contribution in [0.3, 0.4) is 0 Å². The molecule has 21 heavy (non-hydrogen) atoms. The van der Waals surface area contributed by atoms with Gasteiger partial charge in [0.15, 0.2) is 5.41 Å². The van der Waals surface area contributed by atoms with Crippen LogP contribution in [0.25, 0.3) is 0 Å². The molecule has 0 bridgehead atoms. The predicted molar refractivity (Wildman–Crippen MR) is 70.8 cm³/mol. The average molecular weight is 369 g/mol. The van der Waals surface area contributed by atoms with Crippen molar-refractivity contribution in [3.05, 3.63) is 34.3 Å². The molecule has 0 aromatic heterocycles. The fourth-order valence-corrected chi connectivity index (χ4v) is 2.29. The number of carbonyl (C=O) groups is 2. The van der Waals surface area contributed by atoms with Crippen LogP contribution >= 0.6 is 15.9 Å². The van der Waals surface area contributed by atoms with E-state index < -0.39 is 30.0 Å². The van der Waals surface area contributed by atoms with E-state index in [4.69, 9.17) is 0 Å². The second-order valence-electron chi connectivity index (χ2n) is 4.23. The first-order valence-electron chi connectivity index (χ1n) is 5.87. The third-order valence-electron chi connectivity index (χ3n) is 2.77. The fourth-order valence-electron chi connectivity index (χ4n) is 1.89. The summed E-state index contributed by atoms with van der Waals surface area (Å²) in [6.07, 6.45) is -6.70. The summed E-state index contributed by atoms with van der Waals surface area (Å²) in [4.78, 5) is 23.5. The molecule has 1 rings (SSSR count). The van der Waals surface area contributed by atoms with Crippen molar-refractivity contribution in [2.75, 3.05) is 6.61 Å². The van der Waals surface area contributed by atoms with Gasteiger partial charge in [0.1, 0.15) is 0 Å². The van der Waals surface area contributed by atoms with Gasteiger partial charge in [-0.3, -0.25) is 9.59 Å². The number of carboxylic acid groups (broad SMARTS) is 1. The number of esters is 1. The lowest BCUT2D eigenvalue weighted by Crippen LogP contribution is -2.48. The first-order valence-corrected chi connectivity index (χ1v) is 6.66. The normalized spacial score (nSPS) is 14.3. The molecule has 0 amide bonds. The van der Waals surface area contributed by atoms with E-state index in [1.807, 2.05) is 0 Å². The highest BCUT2D eigenvalue weighted by Crippen LogP contribution is 2.39. The van der Waals surface area contributed by atoms with Gasteiger partial charge >= 0.3 is 18.1 Å². The average Bonchev–Trinajstić information content (AvgIpc) is 2.34. The van der Waals surface area contributed by atoms with Crippen LogP contribution in [0.4, 0.5) is 13.2 Å². The Bertz CT molecular complexity index is 544. The number of aliphatic carboxylic acids is 1. The maximum atomic E-state index is 12.8. The van der Waals surface area contributed by atoms with E-state index in [2.05, 4.69) is 20.7 Å². The molecule has 0 radical (unpaired) electrons. The molecule has 0 aliphatic carbocycles. The minimum Gasteiger partial charge on any atom is -0.480 e. The lowest BCUT2D eigenvalue weighted by atomic mass is 9.77. The van der Waals surface area contributed by atoms with Crippen LogP contribution < -0.4 is 0 Å². The second-order valence-corrected chi connectivity index (χ2v) is 5.15. The Hall–Kier alpha value is -1.57. The van der Waals surface area contributed by atoms with Crippen molar-refractivity contribution in [3.63, 3.8) is 0 Å². The summed E-state index contributed by atoms with van der Waals surface area (Å²) in [6.45, 7) is 1.17. The smallest absolute Gasteiger partial charge is 0.391 e. The van der Waals surface area contributed by atoms with Gasteiger partial charge in [-0.25, -0.2) is 0 Å². The quantitative estimate of drug-likeness (QED) is 0.639. The molecule has 0 saturated heterocycles. The van der Waals surface area contributed by atoms with Crippen LogP contribution in [0.15, 0.2) is 28.7 Å². The largest absolute Gasteiger partial charge is 0.480 e. The van der Waals surface area contributed by atoms with Gasteiger partial charge in [0.2, 0.25) is 0 Å². The Labute approximate surface area is 127 Å². The highest BCUT2D eigenvalue weighted by Gasteiger charge is 2.56. The molecular formula is C13H12BrF3O4. The molecule has 0 aliphatic heterocycles. The molecule has 0 heterocycles. The standard InChI is InChI=1S/C13H12BrF3O4/c1-2-21-11(20)12(10(18)19,7-13(15,16)17)8-4-3-5-9(14)6-8/h3-6H,2,7H2,1H3,(H,18,19). The van der Waals surface area contributed by atoms with Crippen molar-refractivity contribution in [1.29, 1.82) is 0 Å². The second kappa shape index (κ2) is 6.46. The van der Waals surface area contributed by atoms with Gasteiger partial charge in [-0.05, 0) is 24.6 Å². The van der Waals surface area contributed by atoms with Crippen LogP contribution in [0.1, 0.15) is 18.9 Å². The molecule has 0 saturated carbocycles. The summed E-state index contributed by atoms with van der Waals surface area (Å²) in [7, 11) is 0. The van der Waals surface area contributed by atoms with E-state index in [9.17, 15) is 27.9 Å². The molecule has 1 unspecified atom stereocenters. The number of rotatable bonds is 5. The highest BCUT2D eigenvalue weighted by atomic mass is 79.9. The molecule has 8 heteroatoms. The zero-order valence-electron chi connectivity index (χ0n) is 10.9. The fraction of sp³-hybridized carbons (Fsp3) is 0.385. The maximum absolute atomic E-state index is 12.8. The summed E-state index contributed by atoms with van der Waals surface area (Å²) < 4.78 is 43.4. The summed E-state index contributed by atoms with van der Waals surface area (Å²) in [5, 5.41) is 9.31. The van der Waals surface area contributed by atoms with E-state index in [0.29, 0.717) is 4.47 Å². The van der Waals surface area contributed by atoms with Crippen LogP contribution in [0.5, 0.6) is 0 Å². The van der Waals surface area contributed by atoms with Crippen molar-refractivity contribution in [3.8, 4) is 0 Å². The van der Waals surface area contributed by atoms with Crippen LogP contribution in [0.2, 0.25) is 0 Å². The maximum Gasteiger partial charge on any atom is 0.391 e. The van der Waals surface area contributed by atoms with Crippen LogP contribution in [-0.4, -0.2) is 29.8 Å². The van der Waals surface area contributed by atoms with Crippen LogP contribution in [0, 0.1) is 0 Å². The van der Waals surface area contributed by atoms with E-state index >= 15 is 0 Å². The minimum atomic E-state index is -4.85. The Kier molecular flexibility index (Phi) is 5.38. The third-order valence-corrected chi connectivity index (χ3v) is 3.27. The highest BCUT2D eigenvalue weighted by molar-refractivity contribution is 9.10. The van der Waals surface area contributed by atoms with E-state index in [0.717, 1.165) is 12.1 Å². The van der Waals surface area contributed by atoms with E-state index in [1.54, 1.807) is 0 Å². The molecule has 1 aromatic carbocycles. The van der Waals surface area contributed by atoms with Gasteiger partial charge in [0.25, 0.3) is 0 Å². The van der Waals surface area contributed by atoms with Crippen molar-refractivity contribution >= 4 is 27.9 Å². The molecule has 4 nitrogen and oxygen atoms in total. The van der Waals surface area contributed by atoms with Crippen molar-refractivity contribution < 1.29 is 32.6 Å². The van der Waals surface area contributed by atoms with Gasteiger partial charge in [0, 0.05) is 4.47 Å². The number of benzene rings is 1. The van der Waals surface area contributed by atoms with Gasteiger partial charge in [0.05, 0.1) is 13.0 Å².